The van der Waals surface area contributed by atoms with E-state index < -0.39 is 0 Å². The second-order valence-electron chi connectivity index (χ2n) is 5.22. The lowest BCUT2D eigenvalue weighted by Crippen LogP contribution is -2.28. The van der Waals surface area contributed by atoms with Crippen molar-refractivity contribution in [3.05, 3.63) is 35.9 Å². The summed E-state index contributed by atoms with van der Waals surface area (Å²) in [6.45, 7) is 7.33. The standard InChI is InChI=1S/C14H20N2/c1-11(12-5-3-2-4-6-12)16-9-13-7-15-8-14(13)10-16/h2-6,11,13-15H,7-10H2,1H3/t11?,13-,14+. The van der Waals surface area contributed by atoms with Gasteiger partial charge in [0.1, 0.15) is 0 Å². The lowest BCUT2D eigenvalue weighted by Gasteiger charge is -2.25. The van der Waals surface area contributed by atoms with Crippen LogP contribution in [0.15, 0.2) is 30.3 Å². The number of fused-ring (bicyclic) bond motifs is 1. The van der Waals surface area contributed by atoms with E-state index in [-0.39, 0.29) is 0 Å². The Morgan fingerprint density at radius 2 is 1.75 bits per heavy atom. The van der Waals surface area contributed by atoms with E-state index >= 15 is 0 Å². The van der Waals surface area contributed by atoms with Crippen LogP contribution in [0.5, 0.6) is 0 Å². The molecule has 0 amide bonds. The second-order valence-corrected chi connectivity index (χ2v) is 5.22. The smallest absolute Gasteiger partial charge is 0.0320 e. The van der Waals surface area contributed by atoms with E-state index in [4.69, 9.17) is 0 Å². The van der Waals surface area contributed by atoms with Crippen LogP contribution in [0, 0.1) is 11.8 Å². The van der Waals surface area contributed by atoms with Crippen molar-refractivity contribution in [1.82, 2.24) is 10.2 Å². The van der Waals surface area contributed by atoms with Crippen molar-refractivity contribution in [2.45, 2.75) is 13.0 Å². The lowest BCUT2D eigenvalue weighted by molar-refractivity contribution is 0.244. The van der Waals surface area contributed by atoms with Gasteiger partial charge in [-0.25, -0.2) is 0 Å². The molecule has 2 saturated heterocycles. The van der Waals surface area contributed by atoms with Crippen LogP contribution in [0.1, 0.15) is 18.5 Å². The highest BCUT2D eigenvalue weighted by Gasteiger charge is 2.37. The van der Waals surface area contributed by atoms with Crippen molar-refractivity contribution < 1.29 is 0 Å². The molecule has 3 atom stereocenters. The average Bonchev–Trinajstić information content (AvgIpc) is 2.89. The molecule has 2 aliphatic rings. The molecule has 86 valence electrons. The fourth-order valence-corrected chi connectivity index (χ4v) is 3.15. The summed E-state index contributed by atoms with van der Waals surface area (Å²) in [5.41, 5.74) is 1.45. The van der Waals surface area contributed by atoms with Crippen LogP contribution in [0.25, 0.3) is 0 Å². The predicted octanol–water partition coefficient (Wildman–Crippen LogP) is 1.90. The molecule has 0 aromatic heterocycles. The van der Waals surface area contributed by atoms with Crippen molar-refractivity contribution in [2.24, 2.45) is 11.8 Å². The zero-order valence-corrected chi connectivity index (χ0v) is 9.89. The van der Waals surface area contributed by atoms with Gasteiger partial charge in [-0.1, -0.05) is 30.3 Å². The third-order valence-electron chi connectivity index (χ3n) is 4.25. The molecular weight excluding hydrogens is 196 g/mol. The van der Waals surface area contributed by atoms with E-state index in [9.17, 15) is 0 Å². The van der Waals surface area contributed by atoms with Gasteiger partial charge in [-0.15, -0.1) is 0 Å². The van der Waals surface area contributed by atoms with Crippen LogP contribution in [0.2, 0.25) is 0 Å². The van der Waals surface area contributed by atoms with Crippen molar-refractivity contribution in [3.63, 3.8) is 0 Å². The monoisotopic (exact) mass is 216 g/mol. The highest BCUT2D eigenvalue weighted by atomic mass is 15.2. The highest BCUT2D eigenvalue weighted by Crippen LogP contribution is 2.32. The van der Waals surface area contributed by atoms with Gasteiger partial charge >= 0.3 is 0 Å². The molecule has 0 saturated carbocycles. The lowest BCUT2D eigenvalue weighted by atomic mass is 10.0. The molecule has 0 spiro atoms. The summed E-state index contributed by atoms with van der Waals surface area (Å²) in [5, 5.41) is 3.50. The van der Waals surface area contributed by atoms with Gasteiger partial charge in [0.25, 0.3) is 0 Å². The number of benzene rings is 1. The van der Waals surface area contributed by atoms with E-state index in [1.807, 2.05) is 0 Å². The molecule has 1 N–H and O–H groups in total. The van der Waals surface area contributed by atoms with Gasteiger partial charge in [-0.05, 0) is 37.4 Å². The zero-order valence-electron chi connectivity index (χ0n) is 9.89. The molecule has 0 bridgehead atoms. The summed E-state index contributed by atoms with van der Waals surface area (Å²) in [6, 6.07) is 11.5. The van der Waals surface area contributed by atoms with E-state index in [1.54, 1.807) is 0 Å². The van der Waals surface area contributed by atoms with E-state index in [1.165, 1.54) is 31.7 Å². The molecule has 2 nitrogen and oxygen atoms in total. The normalized spacial score (nSPS) is 31.6. The van der Waals surface area contributed by atoms with Crippen LogP contribution in [0.3, 0.4) is 0 Å². The average molecular weight is 216 g/mol. The first-order chi connectivity index (χ1) is 7.84. The molecule has 2 heteroatoms. The minimum absolute atomic E-state index is 0.576. The molecular formula is C14H20N2. The number of likely N-dealkylation sites (tertiary alicyclic amines) is 1. The summed E-state index contributed by atoms with van der Waals surface area (Å²) in [7, 11) is 0. The molecule has 3 rings (SSSR count). The van der Waals surface area contributed by atoms with Crippen LogP contribution in [-0.4, -0.2) is 31.1 Å². The van der Waals surface area contributed by atoms with Crippen LogP contribution >= 0.6 is 0 Å². The predicted molar refractivity (Wildman–Crippen MR) is 66.3 cm³/mol. The van der Waals surface area contributed by atoms with Crippen molar-refractivity contribution in [2.75, 3.05) is 26.2 Å². The molecule has 16 heavy (non-hydrogen) atoms. The minimum Gasteiger partial charge on any atom is -0.316 e. The first kappa shape index (κ1) is 10.3. The molecule has 2 fully saturated rings. The van der Waals surface area contributed by atoms with Crippen LogP contribution in [0.4, 0.5) is 0 Å². The SMILES string of the molecule is CC(c1ccccc1)N1C[C@H]2CNC[C@H]2C1. The summed E-state index contributed by atoms with van der Waals surface area (Å²) in [5.74, 6) is 1.79. The maximum Gasteiger partial charge on any atom is 0.0320 e. The number of nitrogens with one attached hydrogen (secondary N) is 1. The maximum absolute atomic E-state index is 3.50. The van der Waals surface area contributed by atoms with E-state index in [0.717, 1.165) is 11.8 Å². The van der Waals surface area contributed by atoms with Gasteiger partial charge in [0.05, 0.1) is 0 Å². The van der Waals surface area contributed by atoms with E-state index in [0.29, 0.717) is 6.04 Å². The molecule has 0 aliphatic carbocycles. The Bertz CT molecular complexity index is 337. The third kappa shape index (κ3) is 1.76. The van der Waals surface area contributed by atoms with Gasteiger partial charge in [0.2, 0.25) is 0 Å². The number of nitrogens with zero attached hydrogens (tertiary/aromatic N) is 1. The van der Waals surface area contributed by atoms with Crippen LogP contribution < -0.4 is 5.32 Å². The zero-order chi connectivity index (χ0) is 11.0. The summed E-state index contributed by atoms with van der Waals surface area (Å²) < 4.78 is 0. The van der Waals surface area contributed by atoms with Crippen molar-refractivity contribution >= 4 is 0 Å². The summed E-state index contributed by atoms with van der Waals surface area (Å²) in [4.78, 5) is 2.64. The number of hydrogen-bond acceptors (Lipinski definition) is 2. The van der Waals surface area contributed by atoms with Gasteiger partial charge in [-0.2, -0.15) is 0 Å². The topological polar surface area (TPSA) is 15.3 Å². The molecule has 1 unspecified atom stereocenters. The van der Waals surface area contributed by atoms with Crippen LogP contribution in [-0.2, 0) is 0 Å². The Morgan fingerprint density at radius 3 is 2.38 bits per heavy atom. The quantitative estimate of drug-likeness (QED) is 0.812. The van der Waals surface area contributed by atoms with Gasteiger partial charge < -0.3 is 5.32 Å². The van der Waals surface area contributed by atoms with Gasteiger partial charge in [0, 0.05) is 19.1 Å². The molecule has 2 heterocycles. The summed E-state index contributed by atoms with van der Waals surface area (Å²) in [6.07, 6.45) is 0. The van der Waals surface area contributed by atoms with Crippen molar-refractivity contribution in [3.8, 4) is 0 Å². The third-order valence-corrected chi connectivity index (χ3v) is 4.25. The fraction of sp³-hybridized carbons (Fsp3) is 0.571. The Morgan fingerprint density at radius 1 is 1.12 bits per heavy atom. The Labute approximate surface area is 97.6 Å². The summed E-state index contributed by atoms with van der Waals surface area (Å²) >= 11 is 0. The number of rotatable bonds is 2. The molecule has 1 aromatic rings. The molecule has 1 aromatic carbocycles. The minimum atomic E-state index is 0.576. The largest absolute Gasteiger partial charge is 0.316 e. The Balaban J connectivity index is 1.71. The Kier molecular flexibility index (Phi) is 2.70. The number of hydrogen-bond donors (Lipinski definition) is 1. The maximum atomic E-state index is 3.50. The fourth-order valence-electron chi connectivity index (χ4n) is 3.15. The first-order valence-electron chi connectivity index (χ1n) is 6.34. The van der Waals surface area contributed by atoms with Crippen molar-refractivity contribution in [1.29, 1.82) is 0 Å². The second kappa shape index (κ2) is 4.19. The van der Waals surface area contributed by atoms with E-state index in [2.05, 4.69) is 47.5 Å². The Hall–Kier alpha value is -0.860. The molecule has 2 aliphatic heterocycles. The van der Waals surface area contributed by atoms with Gasteiger partial charge in [-0.3, -0.25) is 4.90 Å². The highest BCUT2D eigenvalue weighted by molar-refractivity contribution is 5.18. The first-order valence-corrected chi connectivity index (χ1v) is 6.34. The molecule has 0 radical (unpaired) electrons. The van der Waals surface area contributed by atoms with Gasteiger partial charge in [0.15, 0.2) is 0 Å².